The molecule has 8 rings (SSSR count). The van der Waals surface area contributed by atoms with Crippen LogP contribution in [0.15, 0.2) is 81.8 Å². The monoisotopic (exact) mass is 810 g/mol. The third-order valence-corrected chi connectivity index (χ3v) is 10.1. The number of nitrogens with zero attached hydrogens (tertiary/aromatic N) is 6. The van der Waals surface area contributed by atoms with Crippen LogP contribution in [0.1, 0.15) is 110 Å². The normalized spacial score (nSPS) is 17.5. The molecule has 2 aliphatic rings. The predicted octanol–water partition coefficient (Wildman–Crippen LogP) is 11.5. The molecule has 0 unspecified atom stereocenters. The van der Waals surface area contributed by atoms with Gasteiger partial charge >= 0.3 is 0 Å². The summed E-state index contributed by atoms with van der Waals surface area (Å²) in [6.45, 7) is 23.6. The lowest BCUT2D eigenvalue weighted by atomic mass is 10.0. The number of hydrogen-bond donors (Lipinski definition) is 2. The van der Waals surface area contributed by atoms with Crippen molar-refractivity contribution in [3.63, 3.8) is 0 Å². The Kier molecular flexibility index (Phi) is 11.0. The fourth-order valence-corrected chi connectivity index (χ4v) is 7.53. The van der Waals surface area contributed by atoms with Crippen LogP contribution in [-0.2, 0) is 12.8 Å². The van der Waals surface area contributed by atoms with Crippen molar-refractivity contribution in [2.45, 2.75) is 104 Å². The standard InChI is InChI=1S/2C24H26N4O2/c2*1-5-13-26-20-11-10-17-18(20)7-6-8-19(17)23-27-24(30-28-23)16-9-12-22(29-15(2)3)21(14-16)25-4/h2*6-9,12,14-15,20,26H,5,10-11,13H2,1-3H3/t2*20-/m00/s1/i13D2,15D;5D2,15D. The smallest absolute Gasteiger partial charge is 0.256 e. The highest BCUT2D eigenvalue weighted by Crippen LogP contribution is 2.40. The van der Waals surface area contributed by atoms with Crippen LogP contribution in [0.3, 0.4) is 0 Å². The van der Waals surface area contributed by atoms with Gasteiger partial charge < -0.3 is 29.2 Å². The Morgan fingerprint density at radius 3 is 1.65 bits per heavy atom. The minimum Gasteiger partial charge on any atom is -0.502 e. The van der Waals surface area contributed by atoms with Crippen LogP contribution in [-0.4, -0.2) is 45.5 Å². The zero-order valence-electron chi connectivity index (χ0n) is 40.6. The zero-order valence-corrected chi connectivity index (χ0v) is 34.6. The van der Waals surface area contributed by atoms with E-state index in [0.717, 1.165) is 59.1 Å². The van der Waals surface area contributed by atoms with Crippen molar-refractivity contribution >= 4 is 11.4 Å². The molecule has 4 aromatic carbocycles. The number of hydrogen-bond acceptors (Lipinski definition) is 10. The van der Waals surface area contributed by atoms with E-state index in [2.05, 4.69) is 46.7 Å². The molecular formula is C48H52N8O4. The van der Waals surface area contributed by atoms with Crippen LogP contribution in [0.2, 0.25) is 0 Å². The Morgan fingerprint density at radius 2 is 1.22 bits per heavy atom. The molecule has 308 valence electrons. The van der Waals surface area contributed by atoms with Crippen molar-refractivity contribution in [2.75, 3.05) is 13.0 Å². The lowest BCUT2D eigenvalue weighted by molar-refractivity contribution is 0.244. The molecule has 2 heterocycles. The molecule has 0 amide bonds. The molecule has 0 spiro atoms. The first-order valence-corrected chi connectivity index (χ1v) is 20.0. The lowest BCUT2D eigenvalue weighted by Crippen LogP contribution is -2.19. The molecule has 0 aliphatic heterocycles. The molecule has 0 bridgehead atoms. The molecule has 12 heteroatoms. The van der Waals surface area contributed by atoms with E-state index in [0.29, 0.717) is 52.5 Å². The summed E-state index contributed by atoms with van der Waals surface area (Å²) in [5.74, 6) is 2.20. The van der Waals surface area contributed by atoms with Gasteiger partial charge in [0.1, 0.15) is 11.5 Å². The molecule has 0 saturated carbocycles. The van der Waals surface area contributed by atoms with Crippen LogP contribution in [0.4, 0.5) is 11.4 Å². The topological polar surface area (TPSA) is 129 Å². The maximum atomic E-state index is 8.07. The molecule has 2 N–H and O–H groups in total. The molecule has 2 aromatic heterocycles. The summed E-state index contributed by atoms with van der Waals surface area (Å²) in [7, 11) is 0. The van der Waals surface area contributed by atoms with Crippen molar-refractivity contribution in [1.29, 1.82) is 0 Å². The highest BCUT2D eigenvalue weighted by atomic mass is 16.5. The van der Waals surface area contributed by atoms with E-state index >= 15 is 0 Å². The average Bonchev–Trinajstić information content (AvgIpc) is 4.09. The minimum atomic E-state index is -1.42. The fraction of sp³-hybridized carbons (Fsp3) is 0.375. The Morgan fingerprint density at radius 1 is 0.733 bits per heavy atom. The Balaban J connectivity index is 0.000000196. The lowest BCUT2D eigenvalue weighted by Gasteiger charge is -2.13. The first-order valence-electron chi connectivity index (χ1n) is 23.0. The molecule has 60 heavy (non-hydrogen) atoms. The van der Waals surface area contributed by atoms with Crippen LogP contribution < -0.4 is 20.1 Å². The SMILES string of the molecule is [2H]C([2H])(C)CN[C@H]1CCc2c(-c3noc(-c4ccc(OC([2H])(C)C)c([N+]#[C-])c4)n3)cccc21.[2H]C([2H])(CC)N[C@H]1CCc2c(-c3noc(-c4ccc(OC([2H])(C)C)c([N+]#[C-])c4)n3)cccc21. The van der Waals surface area contributed by atoms with Gasteiger partial charge in [0.05, 0.1) is 28.0 Å². The van der Waals surface area contributed by atoms with Gasteiger partial charge in [-0.05, 0) is 138 Å². The first kappa shape index (κ1) is 34.5. The van der Waals surface area contributed by atoms with Crippen LogP contribution in [0, 0.1) is 13.1 Å². The second-order valence-electron chi connectivity index (χ2n) is 14.8. The number of benzene rings is 4. The van der Waals surface area contributed by atoms with Crippen molar-refractivity contribution in [1.82, 2.24) is 30.9 Å². The second-order valence-corrected chi connectivity index (χ2v) is 14.8. The summed E-state index contributed by atoms with van der Waals surface area (Å²) in [6, 6.07) is 21.9. The Labute approximate surface area is 360 Å². The highest BCUT2D eigenvalue weighted by molar-refractivity contribution is 5.72. The third-order valence-electron chi connectivity index (χ3n) is 10.1. The van der Waals surface area contributed by atoms with Gasteiger partial charge in [0.15, 0.2) is 0 Å². The molecule has 2 atom stereocenters. The summed E-state index contributed by atoms with van der Waals surface area (Å²) >= 11 is 0. The summed E-state index contributed by atoms with van der Waals surface area (Å²) in [4.78, 5) is 16.2. The van der Waals surface area contributed by atoms with E-state index < -0.39 is 25.0 Å². The van der Waals surface area contributed by atoms with E-state index in [1.807, 2.05) is 37.3 Å². The first-order chi connectivity index (χ1) is 31.1. The highest BCUT2D eigenvalue weighted by Gasteiger charge is 2.28. The van der Waals surface area contributed by atoms with Gasteiger partial charge in [-0.1, -0.05) is 60.6 Å². The number of fused-ring (bicyclic) bond motifs is 2. The maximum Gasteiger partial charge on any atom is 0.256 e. The maximum absolute atomic E-state index is 8.07. The van der Waals surface area contributed by atoms with Crippen molar-refractivity contribution < 1.29 is 26.7 Å². The molecule has 0 radical (unpaired) electrons. The van der Waals surface area contributed by atoms with Gasteiger partial charge in [0, 0.05) is 39.8 Å². The predicted molar refractivity (Wildman–Crippen MR) is 233 cm³/mol. The summed E-state index contributed by atoms with van der Waals surface area (Å²) in [5.41, 5.74) is 7.94. The van der Waals surface area contributed by atoms with Crippen molar-refractivity contribution in [3.05, 3.63) is 118 Å². The molecule has 0 fully saturated rings. The third kappa shape index (κ3) is 9.26. The minimum absolute atomic E-state index is 0.0590. The molecule has 6 aromatic rings. The molecular weight excluding hydrogens is 753 g/mol. The van der Waals surface area contributed by atoms with E-state index in [9.17, 15) is 0 Å². The summed E-state index contributed by atoms with van der Waals surface area (Å²) in [5, 5.41) is 14.8. The largest absolute Gasteiger partial charge is 0.502 e. The molecule has 0 saturated heterocycles. The van der Waals surface area contributed by atoms with Crippen LogP contribution in [0.25, 0.3) is 55.4 Å². The van der Waals surface area contributed by atoms with Crippen molar-refractivity contribution in [3.8, 4) is 57.2 Å². The fourth-order valence-electron chi connectivity index (χ4n) is 7.53. The van der Waals surface area contributed by atoms with E-state index in [4.69, 9.17) is 39.9 Å². The van der Waals surface area contributed by atoms with Crippen molar-refractivity contribution in [2.24, 2.45) is 0 Å². The number of aromatic nitrogens is 4. The van der Waals surface area contributed by atoms with Gasteiger partial charge in [-0.3, -0.25) is 0 Å². The number of ether oxygens (including phenoxy) is 2. The zero-order chi connectivity index (χ0) is 47.6. The van der Waals surface area contributed by atoms with E-state index in [1.165, 1.54) is 0 Å². The quantitative estimate of drug-likeness (QED) is 0.103. The molecule has 2 aliphatic carbocycles. The number of rotatable bonds is 14. The average molecular weight is 811 g/mol. The van der Waals surface area contributed by atoms with E-state index in [1.54, 1.807) is 71.0 Å². The summed E-state index contributed by atoms with van der Waals surface area (Å²) in [6.07, 6.45) is 0.134. The Bertz CT molecular complexity index is 2800. The second kappa shape index (κ2) is 19.2. The van der Waals surface area contributed by atoms with Gasteiger partial charge in [0.2, 0.25) is 23.0 Å². The van der Waals surface area contributed by atoms with Crippen LogP contribution >= 0.6 is 0 Å². The Hall–Kier alpha value is -6.34. The number of nitrogens with one attached hydrogen (secondary N) is 2. The van der Waals surface area contributed by atoms with Gasteiger partial charge in [-0.25, -0.2) is 9.69 Å². The molecule has 12 nitrogen and oxygen atoms in total. The van der Waals surface area contributed by atoms with Gasteiger partial charge in [-0.15, -0.1) is 0 Å². The van der Waals surface area contributed by atoms with Gasteiger partial charge in [-0.2, -0.15) is 9.97 Å². The summed E-state index contributed by atoms with van der Waals surface area (Å²) < 4.78 is 69.6. The van der Waals surface area contributed by atoms with Crippen LogP contribution in [0.5, 0.6) is 11.5 Å². The van der Waals surface area contributed by atoms with Gasteiger partial charge in [0.25, 0.3) is 11.8 Å². The van der Waals surface area contributed by atoms with E-state index in [-0.39, 0.29) is 30.0 Å².